The van der Waals surface area contributed by atoms with Gasteiger partial charge in [-0.2, -0.15) is 5.09 Å². The van der Waals surface area contributed by atoms with Crippen LogP contribution >= 0.6 is 7.75 Å². The number of hydrogen-bond donors (Lipinski definition) is 2. The molecule has 2 heterocycles. The van der Waals surface area contributed by atoms with E-state index in [0.29, 0.717) is 17.7 Å². The van der Waals surface area contributed by atoms with Crippen molar-refractivity contribution in [1.82, 2.24) is 5.09 Å². The summed E-state index contributed by atoms with van der Waals surface area (Å²) in [6.45, 7) is 6.92. The number of benzene rings is 2. The van der Waals surface area contributed by atoms with E-state index in [0.717, 1.165) is 11.1 Å². The van der Waals surface area contributed by atoms with Crippen molar-refractivity contribution in [3.05, 3.63) is 89.5 Å². The van der Waals surface area contributed by atoms with Gasteiger partial charge in [-0.3, -0.25) is 14.1 Å². The molecule has 0 bridgehead atoms. The number of primary amides is 1. The third kappa shape index (κ3) is 7.85. The average Bonchev–Trinajstić information content (AvgIpc) is 3.49. The van der Waals surface area contributed by atoms with Crippen molar-refractivity contribution in [1.29, 1.82) is 0 Å². The SMILES string of the molecule is Cc1ccc(OP(=O)(NC(C)C(=O)OCc2ccccc2)OCC2O[C@@H](C3C=CC=C(C(N)=O)C3)[C@@H]3OC(C)(C)O[C@H]23)cc1. The Labute approximate surface area is 257 Å². The van der Waals surface area contributed by atoms with Crippen molar-refractivity contribution < 1.29 is 42.1 Å². The Morgan fingerprint density at radius 2 is 1.77 bits per heavy atom. The van der Waals surface area contributed by atoms with Crippen molar-refractivity contribution in [2.45, 2.75) is 77.0 Å². The first-order chi connectivity index (χ1) is 20.9. The summed E-state index contributed by atoms with van der Waals surface area (Å²) in [6, 6.07) is 15.2. The summed E-state index contributed by atoms with van der Waals surface area (Å²) in [6.07, 6.45) is 3.61. The zero-order chi connectivity index (χ0) is 31.5. The number of carbonyl (C=O) groups is 2. The molecule has 0 spiro atoms. The van der Waals surface area contributed by atoms with Gasteiger partial charge >= 0.3 is 13.7 Å². The van der Waals surface area contributed by atoms with E-state index in [1.54, 1.807) is 38.1 Å². The van der Waals surface area contributed by atoms with Crippen molar-refractivity contribution in [3.8, 4) is 5.75 Å². The number of amides is 1. The highest BCUT2D eigenvalue weighted by molar-refractivity contribution is 7.52. The molecular weight excluding hydrogens is 587 g/mol. The van der Waals surface area contributed by atoms with Gasteiger partial charge in [0.2, 0.25) is 5.91 Å². The third-order valence-corrected chi connectivity index (χ3v) is 9.26. The lowest BCUT2D eigenvalue weighted by atomic mass is 9.86. The van der Waals surface area contributed by atoms with E-state index in [-0.39, 0.29) is 19.1 Å². The Bertz CT molecular complexity index is 1440. The monoisotopic (exact) mass is 626 g/mol. The molecule has 2 aliphatic heterocycles. The number of fused-ring (bicyclic) bond motifs is 1. The summed E-state index contributed by atoms with van der Waals surface area (Å²) in [5.41, 5.74) is 7.84. The molecular formula is C32H39N2O9P. The predicted molar refractivity (Wildman–Crippen MR) is 161 cm³/mol. The van der Waals surface area contributed by atoms with Crippen LogP contribution in [0.1, 0.15) is 38.3 Å². The van der Waals surface area contributed by atoms with Crippen LogP contribution in [0.3, 0.4) is 0 Å². The number of nitrogens with one attached hydrogen (secondary N) is 1. The summed E-state index contributed by atoms with van der Waals surface area (Å²) < 4.78 is 50.2. The van der Waals surface area contributed by atoms with Crippen LogP contribution < -0.4 is 15.3 Å². The molecule has 0 saturated carbocycles. The van der Waals surface area contributed by atoms with E-state index < -0.39 is 55.9 Å². The van der Waals surface area contributed by atoms with Crippen molar-refractivity contribution in [2.75, 3.05) is 6.61 Å². The average molecular weight is 627 g/mol. The lowest BCUT2D eigenvalue weighted by Crippen LogP contribution is -2.37. The number of ether oxygens (including phenoxy) is 4. The molecule has 5 rings (SSSR count). The predicted octanol–water partition coefficient (Wildman–Crippen LogP) is 4.50. The molecule has 2 fully saturated rings. The van der Waals surface area contributed by atoms with Crippen molar-refractivity contribution >= 4 is 19.6 Å². The largest absolute Gasteiger partial charge is 0.460 e. The van der Waals surface area contributed by atoms with Crippen LogP contribution in [-0.2, 0) is 44.2 Å². The molecule has 1 amide bonds. The normalized spacial score (nSPS) is 27.5. The van der Waals surface area contributed by atoms with Crippen LogP contribution in [0, 0.1) is 12.8 Å². The minimum absolute atomic E-state index is 0.0609. The smallest absolute Gasteiger partial charge is 0.459 e. The Morgan fingerprint density at radius 3 is 2.48 bits per heavy atom. The molecule has 12 heteroatoms. The Hall–Kier alpha value is -3.31. The molecule has 4 unspecified atom stereocenters. The number of carbonyl (C=O) groups excluding carboxylic acids is 2. The van der Waals surface area contributed by atoms with E-state index in [4.69, 9.17) is 33.7 Å². The highest BCUT2D eigenvalue weighted by atomic mass is 31.2. The van der Waals surface area contributed by atoms with Gasteiger partial charge in [-0.1, -0.05) is 66.3 Å². The maximum atomic E-state index is 14.2. The number of allylic oxidation sites excluding steroid dienone is 2. The van der Waals surface area contributed by atoms with E-state index in [1.807, 2.05) is 55.5 Å². The minimum atomic E-state index is -4.17. The number of nitrogens with two attached hydrogens (primary N) is 1. The van der Waals surface area contributed by atoms with Crippen LogP contribution in [-0.4, -0.2) is 54.7 Å². The number of aryl methyl sites for hydroxylation is 1. The molecule has 44 heavy (non-hydrogen) atoms. The zero-order valence-electron chi connectivity index (χ0n) is 25.2. The number of hydrogen-bond acceptors (Lipinski definition) is 9. The molecule has 2 aromatic carbocycles. The van der Waals surface area contributed by atoms with Gasteiger partial charge in [-0.25, -0.2) is 4.57 Å². The van der Waals surface area contributed by atoms with Gasteiger partial charge in [-0.15, -0.1) is 0 Å². The van der Waals surface area contributed by atoms with E-state index in [9.17, 15) is 14.2 Å². The van der Waals surface area contributed by atoms with Crippen LogP contribution in [0.5, 0.6) is 5.75 Å². The molecule has 7 atom stereocenters. The van der Waals surface area contributed by atoms with Gasteiger partial charge in [0.1, 0.15) is 36.7 Å². The van der Waals surface area contributed by atoms with Crippen molar-refractivity contribution in [2.24, 2.45) is 11.7 Å². The second-order valence-corrected chi connectivity index (χ2v) is 13.3. The van der Waals surface area contributed by atoms with Crippen LogP contribution in [0.15, 0.2) is 78.4 Å². The summed E-state index contributed by atoms with van der Waals surface area (Å²) in [4.78, 5) is 24.7. The second kappa shape index (κ2) is 13.4. The highest BCUT2D eigenvalue weighted by Gasteiger charge is 2.57. The van der Waals surface area contributed by atoms with Gasteiger partial charge < -0.3 is 29.2 Å². The summed E-state index contributed by atoms with van der Waals surface area (Å²) in [7, 11) is -4.17. The molecule has 3 aliphatic rings. The minimum Gasteiger partial charge on any atom is -0.460 e. The highest BCUT2D eigenvalue weighted by Crippen LogP contribution is 2.48. The van der Waals surface area contributed by atoms with Gasteiger partial charge in [-0.05, 0) is 51.8 Å². The fourth-order valence-corrected chi connectivity index (χ4v) is 6.95. The van der Waals surface area contributed by atoms with E-state index in [2.05, 4.69) is 5.09 Å². The molecule has 2 aromatic rings. The lowest BCUT2D eigenvalue weighted by molar-refractivity contribution is -0.193. The first-order valence-corrected chi connectivity index (χ1v) is 16.1. The molecule has 2 saturated heterocycles. The lowest BCUT2D eigenvalue weighted by Gasteiger charge is -2.29. The Balaban J connectivity index is 1.30. The van der Waals surface area contributed by atoms with Gasteiger partial charge in [0.05, 0.1) is 12.7 Å². The molecule has 236 valence electrons. The van der Waals surface area contributed by atoms with Crippen molar-refractivity contribution in [3.63, 3.8) is 0 Å². The molecule has 3 N–H and O–H groups in total. The summed E-state index contributed by atoms with van der Waals surface area (Å²) >= 11 is 0. The van der Waals surface area contributed by atoms with Crippen LogP contribution in [0.4, 0.5) is 0 Å². The topological polar surface area (TPSA) is 145 Å². The fourth-order valence-electron chi connectivity index (χ4n) is 5.45. The molecule has 0 radical (unpaired) electrons. The second-order valence-electron chi connectivity index (χ2n) is 11.7. The maximum Gasteiger partial charge on any atom is 0.459 e. The Morgan fingerprint density at radius 1 is 1.07 bits per heavy atom. The molecule has 1 aliphatic carbocycles. The van der Waals surface area contributed by atoms with Crippen LogP contribution in [0.2, 0.25) is 0 Å². The van der Waals surface area contributed by atoms with E-state index in [1.165, 1.54) is 6.92 Å². The number of esters is 1. The maximum absolute atomic E-state index is 14.2. The standard InChI is InChI=1S/C32H39N2O9P/c1-20-13-15-25(16-14-20)43-44(37,34-21(2)31(36)38-18-22-9-6-5-7-10-22)39-19-26-28-29(42-32(3,4)41-28)27(40-26)23-11-8-12-24(17-23)30(33)35/h5-16,21,23,26-29H,17-19H2,1-4H3,(H2,33,35)(H,34,37)/t21?,23?,26?,27-,28+,29-,44?/m0/s1. The van der Waals surface area contributed by atoms with Gasteiger partial charge in [0, 0.05) is 11.5 Å². The summed E-state index contributed by atoms with van der Waals surface area (Å²) in [5.74, 6) is -1.92. The van der Waals surface area contributed by atoms with Gasteiger partial charge in [0.15, 0.2) is 5.79 Å². The third-order valence-electron chi connectivity index (χ3n) is 7.62. The van der Waals surface area contributed by atoms with Crippen LogP contribution in [0.25, 0.3) is 0 Å². The quantitative estimate of drug-likeness (QED) is 0.255. The first kappa shape index (κ1) is 32.1. The van der Waals surface area contributed by atoms with Gasteiger partial charge in [0.25, 0.3) is 0 Å². The van der Waals surface area contributed by atoms with E-state index >= 15 is 0 Å². The summed E-state index contributed by atoms with van der Waals surface area (Å²) in [5, 5.41) is 2.72. The zero-order valence-corrected chi connectivity index (χ0v) is 26.1. The molecule has 0 aromatic heterocycles. The number of rotatable bonds is 12. The Kier molecular flexibility index (Phi) is 9.74. The first-order valence-electron chi connectivity index (χ1n) is 14.6. The molecule has 11 nitrogen and oxygen atoms in total. The fraction of sp³-hybridized carbons (Fsp3) is 0.438.